The van der Waals surface area contributed by atoms with Crippen LogP contribution in [-0.4, -0.2) is 14.5 Å². The van der Waals surface area contributed by atoms with Gasteiger partial charge < -0.3 is 0 Å². The zero-order valence-electron chi connectivity index (χ0n) is 10.6. The van der Waals surface area contributed by atoms with Crippen LogP contribution in [0.25, 0.3) is 16.9 Å². The van der Waals surface area contributed by atoms with Crippen molar-refractivity contribution in [3.8, 4) is 5.69 Å². The average Bonchev–Trinajstić information content (AvgIpc) is 2.76. The molecule has 0 saturated heterocycles. The lowest BCUT2D eigenvalue weighted by molar-refractivity contribution is 0.617. The highest BCUT2D eigenvalue weighted by atomic mass is 35.5. The highest BCUT2D eigenvalue weighted by molar-refractivity contribution is 6.30. The van der Waals surface area contributed by atoms with Crippen LogP contribution in [-0.2, 0) is 5.88 Å². The fraction of sp³-hybridized carbons (Fsp3) is 0.143. The molecule has 0 N–H and O–H groups in total. The van der Waals surface area contributed by atoms with Crippen molar-refractivity contribution in [2.24, 2.45) is 0 Å². The van der Waals surface area contributed by atoms with E-state index in [1.54, 1.807) is 22.9 Å². The lowest BCUT2D eigenvalue weighted by atomic mass is 10.3. The molecule has 0 aliphatic rings. The molecule has 0 saturated carbocycles. The molecule has 3 nitrogen and oxygen atoms in total. The van der Waals surface area contributed by atoms with E-state index in [9.17, 15) is 4.39 Å². The van der Waals surface area contributed by atoms with E-state index in [0.717, 1.165) is 5.56 Å². The van der Waals surface area contributed by atoms with Crippen LogP contribution in [0.5, 0.6) is 0 Å². The maximum atomic E-state index is 14.1. The number of aryl methyl sites for hydroxylation is 1. The maximum Gasteiger partial charge on any atom is 0.164 e. The predicted molar refractivity (Wildman–Crippen MR) is 78.1 cm³/mol. The van der Waals surface area contributed by atoms with Crippen LogP contribution >= 0.6 is 23.2 Å². The normalized spacial score (nSPS) is 11.2. The van der Waals surface area contributed by atoms with Crippen molar-refractivity contribution in [2.75, 3.05) is 0 Å². The Balaban J connectivity index is 2.34. The largest absolute Gasteiger partial charge is 0.277 e. The number of pyridine rings is 1. The number of nitrogens with zero attached hydrogens (tertiary/aromatic N) is 3. The number of hydrogen-bond donors (Lipinski definition) is 0. The van der Waals surface area contributed by atoms with E-state index in [1.165, 1.54) is 6.07 Å². The molecule has 0 aliphatic heterocycles. The molecule has 3 aromatic rings. The third kappa shape index (κ3) is 2.15. The summed E-state index contributed by atoms with van der Waals surface area (Å²) in [6.45, 7) is 1.93. The number of rotatable bonds is 2. The Hall–Kier alpha value is -1.65. The van der Waals surface area contributed by atoms with Gasteiger partial charge in [0.25, 0.3) is 0 Å². The smallest absolute Gasteiger partial charge is 0.164 e. The highest BCUT2D eigenvalue weighted by Crippen LogP contribution is 2.25. The number of hydrogen-bond acceptors (Lipinski definition) is 2. The summed E-state index contributed by atoms with van der Waals surface area (Å²) in [5.41, 5.74) is 2.59. The second-order valence-electron chi connectivity index (χ2n) is 4.45. The van der Waals surface area contributed by atoms with Gasteiger partial charge in [0.15, 0.2) is 5.65 Å². The van der Waals surface area contributed by atoms with E-state index in [4.69, 9.17) is 23.2 Å². The van der Waals surface area contributed by atoms with Crippen molar-refractivity contribution >= 4 is 34.4 Å². The van der Waals surface area contributed by atoms with Gasteiger partial charge >= 0.3 is 0 Å². The minimum absolute atomic E-state index is 0.164. The van der Waals surface area contributed by atoms with Crippen LogP contribution in [0.15, 0.2) is 30.5 Å². The molecule has 0 aliphatic carbocycles. The molecule has 0 spiro atoms. The van der Waals surface area contributed by atoms with Gasteiger partial charge in [-0.15, -0.1) is 11.6 Å². The summed E-state index contributed by atoms with van der Waals surface area (Å²) in [6.07, 6.45) is 1.71. The first-order valence-corrected chi connectivity index (χ1v) is 6.87. The van der Waals surface area contributed by atoms with E-state index in [0.29, 0.717) is 27.7 Å². The van der Waals surface area contributed by atoms with Crippen molar-refractivity contribution in [1.29, 1.82) is 0 Å². The molecule has 3 rings (SSSR count). The van der Waals surface area contributed by atoms with Gasteiger partial charge in [-0.3, -0.25) is 4.57 Å². The summed E-state index contributed by atoms with van der Waals surface area (Å²) >= 11 is 11.7. The summed E-state index contributed by atoms with van der Waals surface area (Å²) in [5.74, 6) is 0.267. The Kier molecular flexibility index (Phi) is 3.36. The van der Waals surface area contributed by atoms with E-state index >= 15 is 0 Å². The zero-order valence-corrected chi connectivity index (χ0v) is 12.1. The quantitative estimate of drug-likeness (QED) is 0.662. The predicted octanol–water partition coefficient (Wildman–Crippen LogP) is 4.26. The fourth-order valence-corrected chi connectivity index (χ4v) is 2.46. The van der Waals surface area contributed by atoms with Crippen LogP contribution in [0.1, 0.15) is 11.4 Å². The van der Waals surface area contributed by atoms with Gasteiger partial charge in [0, 0.05) is 11.2 Å². The van der Waals surface area contributed by atoms with Gasteiger partial charge in [0.1, 0.15) is 17.2 Å². The highest BCUT2D eigenvalue weighted by Gasteiger charge is 2.16. The molecule has 0 atom stereocenters. The van der Waals surface area contributed by atoms with E-state index in [2.05, 4.69) is 9.97 Å². The van der Waals surface area contributed by atoms with Crippen LogP contribution in [0, 0.1) is 12.7 Å². The van der Waals surface area contributed by atoms with Gasteiger partial charge in [-0.2, -0.15) is 0 Å². The van der Waals surface area contributed by atoms with Crippen molar-refractivity contribution in [1.82, 2.24) is 14.5 Å². The monoisotopic (exact) mass is 309 g/mol. The van der Waals surface area contributed by atoms with Gasteiger partial charge in [-0.05, 0) is 36.8 Å². The van der Waals surface area contributed by atoms with Crippen molar-refractivity contribution in [3.63, 3.8) is 0 Å². The number of imidazole rings is 1. The summed E-state index contributed by atoms with van der Waals surface area (Å²) in [4.78, 5) is 8.73. The molecule has 2 heterocycles. The standard InChI is InChI=1S/C14H10Cl2FN3/c1-8-4-11-14(18-7-8)20(13(6-15)19-11)12-3-2-9(16)5-10(12)17/h2-5,7H,6H2,1H3. The van der Waals surface area contributed by atoms with Crippen LogP contribution in [0.2, 0.25) is 5.02 Å². The first-order chi connectivity index (χ1) is 9.60. The second kappa shape index (κ2) is 5.04. The molecule has 0 radical (unpaired) electrons. The first kappa shape index (κ1) is 13.3. The van der Waals surface area contributed by atoms with Gasteiger partial charge in [-0.25, -0.2) is 14.4 Å². The molecule has 0 unspecified atom stereocenters. The van der Waals surface area contributed by atoms with E-state index in [-0.39, 0.29) is 5.88 Å². The number of alkyl halides is 1. The third-order valence-corrected chi connectivity index (χ3v) is 3.45. The molecular weight excluding hydrogens is 300 g/mol. The second-order valence-corrected chi connectivity index (χ2v) is 5.15. The Labute approximate surface area is 125 Å². The van der Waals surface area contributed by atoms with E-state index in [1.807, 2.05) is 13.0 Å². The lowest BCUT2D eigenvalue weighted by Crippen LogP contribution is -2.03. The molecule has 2 aromatic heterocycles. The fourth-order valence-electron chi connectivity index (χ4n) is 2.12. The summed E-state index contributed by atoms with van der Waals surface area (Å²) in [6, 6.07) is 6.37. The Morgan fingerprint density at radius 3 is 2.80 bits per heavy atom. The Morgan fingerprint density at radius 2 is 2.10 bits per heavy atom. The van der Waals surface area contributed by atoms with Crippen LogP contribution in [0.3, 0.4) is 0 Å². The van der Waals surface area contributed by atoms with Crippen molar-refractivity contribution < 1.29 is 4.39 Å². The molecule has 1 aromatic carbocycles. The molecule has 20 heavy (non-hydrogen) atoms. The van der Waals surface area contributed by atoms with Crippen LogP contribution in [0.4, 0.5) is 4.39 Å². The molecule has 6 heteroatoms. The summed E-state index contributed by atoms with van der Waals surface area (Å²) in [5, 5.41) is 0.340. The molecule has 0 bridgehead atoms. The summed E-state index contributed by atoms with van der Waals surface area (Å²) < 4.78 is 15.8. The first-order valence-electron chi connectivity index (χ1n) is 5.95. The molecular formula is C14H10Cl2FN3. The lowest BCUT2D eigenvalue weighted by Gasteiger charge is -2.08. The summed E-state index contributed by atoms with van der Waals surface area (Å²) in [7, 11) is 0. The van der Waals surface area contributed by atoms with Crippen LogP contribution < -0.4 is 0 Å². The minimum Gasteiger partial charge on any atom is -0.277 e. The molecule has 102 valence electrons. The van der Waals surface area contributed by atoms with Gasteiger partial charge in [-0.1, -0.05) is 11.6 Å². The number of benzene rings is 1. The maximum absolute atomic E-state index is 14.1. The number of halogens is 3. The third-order valence-electron chi connectivity index (χ3n) is 2.97. The van der Waals surface area contributed by atoms with E-state index < -0.39 is 5.82 Å². The molecule has 0 amide bonds. The Morgan fingerprint density at radius 1 is 1.30 bits per heavy atom. The van der Waals surface area contributed by atoms with Crippen molar-refractivity contribution in [3.05, 3.63) is 52.7 Å². The SMILES string of the molecule is Cc1cnc2c(c1)nc(CCl)n2-c1ccc(Cl)cc1F. The van der Waals surface area contributed by atoms with Gasteiger partial charge in [0.2, 0.25) is 0 Å². The Bertz CT molecular complexity index is 798. The topological polar surface area (TPSA) is 30.7 Å². The number of aromatic nitrogens is 3. The zero-order chi connectivity index (χ0) is 14.3. The number of fused-ring (bicyclic) bond motifs is 1. The van der Waals surface area contributed by atoms with Crippen molar-refractivity contribution in [2.45, 2.75) is 12.8 Å². The minimum atomic E-state index is -0.439. The average molecular weight is 310 g/mol. The molecule has 0 fully saturated rings. The van der Waals surface area contributed by atoms with Gasteiger partial charge in [0.05, 0.1) is 11.6 Å².